The van der Waals surface area contributed by atoms with E-state index >= 15 is 0 Å². The van der Waals surface area contributed by atoms with Gasteiger partial charge in [-0.2, -0.15) is 4.31 Å². The molecule has 0 radical (unpaired) electrons. The van der Waals surface area contributed by atoms with Crippen LogP contribution in [-0.4, -0.2) is 36.6 Å². The number of sulfonamides is 1. The van der Waals surface area contributed by atoms with Crippen LogP contribution in [0.5, 0.6) is 0 Å². The maximum Gasteiger partial charge on any atom is 0.291 e. The van der Waals surface area contributed by atoms with Crippen molar-refractivity contribution in [1.82, 2.24) is 4.31 Å². The third-order valence-corrected chi connectivity index (χ3v) is 7.15. The molecule has 0 bridgehead atoms. The average Bonchev–Trinajstić information content (AvgIpc) is 3.26. The monoisotopic (exact) mass is 457 g/mol. The molecule has 1 amide bonds. The first kappa shape index (κ1) is 23.2. The second-order valence-corrected chi connectivity index (χ2v) is 8.90. The van der Waals surface area contributed by atoms with Crippen LogP contribution < -0.4 is 5.32 Å². The lowest BCUT2D eigenvalue weighted by Gasteiger charge is -2.20. The molecule has 0 spiro atoms. The summed E-state index contributed by atoms with van der Waals surface area (Å²) in [6.45, 7) is 5.91. The van der Waals surface area contributed by atoms with Crippen molar-refractivity contribution >= 4 is 27.3 Å². The molecule has 1 N–H and O–H groups in total. The number of furan rings is 1. The normalized spacial score (nSPS) is 11.5. The van der Waals surface area contributed by atoms with Crippen LogP contribution >= 0.6 is 0 Å². The number of anilines is 1. The molecule has 3 rings (SSSR count). The Labute approximate surface area is 185 Å². The third kappa shape index (κ3) is 4.71. The summed E-state index contributed by atoms with van der Waals surface area (Å²) in [7, 11) is -3.69. The number of amides is 1. The summed E-state index contributed by atoms with van der Waals surface area (Å²) in [6, 6.07) is 13.5. The molecular weight excluding hydrogens is 434 g/mol. The van der Waals surface area contributed by atoms with Gasteiger partial charge < -0.3 is 9.73 Å². The van der Waals surface area contributed by atoms with Crippen LogP contribution in [-0.2, 0) is 10.0 Å². The Kier molecular flexibility index (Phi) is 6.75. The van der Waals surface area contributed by atoms with Gasteiger partial charge in [-0.15, -0.1) is 0 Å². The Morgan fingerprint density at radius 2 is 1.72 bits per heavy atom. The van der Waals surface area contributed by atoms with Crippen LogP contribution in [0.2, 0.25) is 0 Å². The van der Waals surface area contributed by atoms with Crippen molar-refractivity contribution in [3.63, 3.8) is 0 Å². The summed E-state index contributed by atoms with van der Waals surface area (Å²) in [5, 5.41) is 13.4. The van der Waals surface area contributed by atoms with E-state index in [1.54, 1.807) is 39.0 Å². The topological polar surface area (TPSA) is 123 Å². The molecule has 1 aromatic heterocycles. The van der Waals surface area contributed by atoms with Crippen molar-refractivity contribution in [2.45, 2.75) is 25.7 Å². The molecule has 2 aromatic carbocycles. The van der Waals surface area contributed by atoms with Gasteiger partial charge in [-0.25, -0.2) is 8.42 Å². The molecule has 0 atom stereocenters. The molecule has 0 saturated heterocycles. The van der Waals surface area contributed by atoms with E-state index in [0.717, 1.165) is 0 Å². The number of hydrogen-bond donors (Lipinski definition) is 1. The number of benzene rings is 2. The molecular formula is C22H23N3O6S. The first-order valence-electron chi connectivity index (χ1n) is 9.94. The number of nitrogens with zero attached hydrogens (tertiary/aromatic N) is 2. The van der Waals surface area contributed by atoms with E-state index in [0.29, 0.717) is 35.7 Å². The van der Waals surface area contributed by atoms with E-state index in [4.69, 9.17) is 4.42 Å². The van der Waals surface area contributed by atoms with E-state index in [2.05, 4.69) is 5.32 Å². The van der Waals surface area contributed by atoms with Gasteiger partial charge in [0.1, 0.15) is 5.76 Å². The van der Waals surface area contributed by atoms with Gasteiger partial charge >= 0.3 is 0 Å². The van der Waals surface area contributed by atoms with Gasteiger partial charge in [0.15, 0.2) is 5.76 Å². The molecule has 1 heterocycles. The number of carbonyl (C=O) groups excluding carboxylic acids is 1. The zero-order valence-corrected chi connectivity index (χ0v) is 18.7. The minimum absolute atomic E-state index is 0.0204. The molecule has 0 aliphatic heterocycles. The Morgan fingerprint density at radius 3 is 2.31 bits per heavy atom. The Bertz CT molecular complexity index is 1240. The third-order valence-electron chi connectivity index (χ3n) is 4.96. The summed E-state index contributed by atoms with van der Waals surface area (Å²) >= 11 is 0. The number of hydrogen-bond acceptors (Lipinski definition) is 6. The number of carbonyl (C=O) groups is 1. The van der Waals surface area contributed by atoms with Gasteiger partial charge in [0.2, 0.25) is 10.0 Å². The highest BCUT2D eigenvalue weighted by Gasteiger charge is 2.24. The number of nitro benzene ring substituents is 1. The quantitative estimate of drug-likeness (QED) is 0.394. The highest BCUT2D eigenvalue weighted by molar-refractivity contribution is 7.89. The minimum atomic E-state index is -3.69. The van der Waals surface area contributed by atoms with Crippen molar-refractivity contribution in [2.24, 2.45) is 0 Å². The zero-order valence-electron chi connectivity index (χ0n) is 17.9. The first-order chi connectivity index (χ1) is 15.2. The van der Waals surface area contributed by atoms with E-state index in [1.165, 1.54) is 40.7 Å². The molecule has 0 unspecified atom stereocenters. The maximum absolute atomic E-state index is 12.9. The van der Waals surface area contributed by atoms with E-state index in [9.17, 15) is 23.3 Å². The lowest BCUT2D eigenvalue weighted by atomic mass is 10.1. The molecule has 168 valence electrons. The Hall–Kier alpha value is -3.50. The SMILES string of the molecule is CCN(CC)S(=O)(=O)c1cc(NC(=O)c2ccc(-c3ccc([N+](=O)[O-])cc3)o2)ccc1C. The van der Waals surface area contributed by atoms with Crippen LogP contribution in [0.3, 0.4) is 0 Å². The minimum Gasteiger partial charge on any atom is -0.451 e. The lowest BCUT2D eigenvalue weighted by molar-refractivity contribution is -0.384. The standard InChI is InChI=1S/C22H23N3O6S/c1-4-24(5-2)32(29,30)21-14-17(9-6-15(21)3)23-22(26)20-13-12-19(31-20)16-7-10-18(11-8-16)25(27)28/h6-14H,4-5H2,1-3H3,(H,23,26). The van der Waals surface area contributed by atoms with E-state index in [-0.39, 0.29) is 16.3 Å². The van der Waals surface area contributed by atoms with Gasteiger partial charge in [-0.05, 0) is 48.9 Å². The number of aryl methyl sites for hydroxylation is 1. The predicted octanol–water partition coefficient (Wildman–Crippen LogP) is 4.45. The van der Waals surface area contributed by atoms with Crippen LogP contribution in [0.1, 0.15) is 30.0 Å². The average molecular weight is 458 g/mol. The Morgan fingerprint density at radius 1 is 1.06 bits per heavy atom. The summed E-state index contributed by atoms with van der Waals surface area (Å²) in [5.74, 6) is -0.154. The Balaban J connectivity index is 1.82. The summed E-state index contributed by atoms with van der Waals surface area (Å²) in [4.78, 5) is 23.1. The van der Waals surface area contributed by atoms with Crippen LogP contribution in [0.4, 0.5) is 11.4 Å². The summed E-state index contributed by atoms with van der Waals surface area (Å²) < 4.78 is 32.7. The van der Waals surface area contributed by atoms with Crippen molar-refractivity contribution in [2.75, 3.05) is 18.4 Å². The molecule has 3 aromatic rings. The molecule has 32 heavy (non-hydrogen) atoms. The van der Waals surface area contributed by atoms with Crippen LogP contribution in [0.15, 0.2) is 63.9 Å². The smallest absolute Gasteiger partial charge is 0.291 e. The summed E-state index contributed by atoms with van der Waals surface area (Å²) in [5.41, 5.74) is 1.43. The van der Waals surface area contributed by atoms with Crippen molar-refractivity contribution in [3.05, 3.63) is 76.0 Å². The summed E-state index contributed by atoms with van der Waals surface area (Å²) in [6.07, 6.45) is 0. The first-order valence-corrected chi connectivity index (χ1v) is 11.4. The number of non-ortho nitro benzene ring substituents is 1. The highest BCUT2D eigenvalue weighted by Crippen LogP contribution is 2.26. The fraction of sp³-hybridized carbons (Fsp3) is 0.227. The predicted molar refractivity (Wildman–Crippen MR) is 120 cm³/mol. The van der Waals surface area contributed by atoms with Crippen LogP contribution in [0, 0.1) is 17.0 Å². The van der Waals surface area contributed by atoms with Gasteiger partial charge in [-0.3, -0.25) is 14.9 Å². The van der Waals surface area contributed by atoms with Gasteiger partial charge in [0, 0.05) is 36.5 Å². The van der Waals surface area contributed by atoms with Crippen molar-refractivity contribution in [1.29, 1.82) is 0 Å². The molecule has 0 aliphatic carbocycles. The van der Waals surface area contributed by atoms with Crippen molar-refractivity contribution in [3.8, 4) is 11.3 Å². The van der Waals surface area contributed by atoms with Gasteiger partial charge in [0.25, 0.3) is 11.6 Å². The molecule has 9 nitrogen and oxygen atoms in total. The molecule has 0 fully saturated rings. The molecule has 0 saturated carbocycles. The van der Waals surface area contributed by atoms with Gasteiger partial charge in [0.05, 0.1) is 9.82 Å². The van der Waals surface area contributed by atoms with Crippen LogP contribution in [0.25, 0.3) is 11.3 Å². The van der Waals surface area contributed by atoms with Gasteiger partial charge in [-0.1, -0.05) is 19.9 Å². The maximum atomic E-state index is 12.9. The fourth-order valence-electron chi connectivity index (χ4n) is 3.21. The fourth-order valence-corrected chi connectivity index (χ4v) is 4.92. The number of nitro groups is 1. The molecule has 10 heteroatoms. The van der Waals surface area contributed by atoms with Crippen molar-refractivity contribution < 1.29 is 22.6 Å². The molecule has 0 aliphatic rings. The largest absolute Gasteiger partial charge is 0.451 e. The van der Waals surface area contributed by atoms with E-state index < -0.39 is 20.9 Å². The lowest BCUT2D eigenvalue weighted by Crippen LogP contribution is -2.31. The second-order valence-electron chi connectivity index (χ2n) is 6.99. The zero-order chi connectivity index (χ0) is 23.5. The number of nitrogens with one attached hydrogen (secondary N) is 1. The highest BCUT2D eigenvalue weighted by atomic mass is 32.2. The number of rotatable bonds is 8. The van der Waals surface area contributed by atoms with E-state index in [1.807, 2.05) is 0 Å². The second kappa shape index (κ2) is 9.33.